The Morgan fingerprint density at radius 1 is 1.26 bits per heavy atom. The van der Waals surface area contributed by atoms with E-state index in [9.17, 15) is 4.79 Å². The van der Waals surface area contributed by atoms with Gasteiger partial charge in [0.25, 0.3) is 0 Å². The third-order valence-electron chi connectivity index (χ3n) is 2.95. The van der Waals surface area contributed by atoms with Crippen LogP contribution in [0.4, 0.5) is 0 Å². The molecule has 0 saturated heterocycles. The fourth-order valence-corrected chi connectivity index (χ4v) is 1.79. The molecule has 4 nitrogen and oxygen atoms in total. The average Bonchev–Trinajstić information content (AvgIpc) is 2.44. The molecular weight excluding hydrogens is 240 g/mol. The van der Waals surface area contributed by atoms with Crippen LogP contribution in [0.25, 0.3) is 0 Å². The number of amides is 1. The summed E-state index contributed by atoms with van der Waals surface area (Å²) < 4.78 is 4.92. The summed E-state index contributed by atoms with van der Waals surface area (Å²) in [6.45, 7) is 4.16. The lowest BCUT2D eigenvalue weighted by Gasteiger charge is -2.14. The Kier molecular flexibility index (Phi) is 7.86. The third kappa shape index (κ3) is 6.94. The monoisotopic (exact) mass is 264 g/mol. The van der Waals surface area contributed by atoms with E-state index in [-0.39, 0.29) is 11.9 Å². The zero-order valence-electron chi connectivity index (χ0n) is 11.8. The Balaban J connectivity index is 2.11. The van der Waals surface area contributed by atoms with Crippen LogP contribution >= 0.6 is 0 Å². The van der Waals surface area contributed by atoms with Crippen molar-refractivity contribution >= 4 is 5.91 Å². The molecule has 19 heavy (non-hydrogen) atoms. The highest BCUT2D eigenvalue weighted by Gasteiger charge is 2.05. The molecule has 0 radical (unpaired) electrons. The number of rotatable bonds is 9. The quantitative estimate of drug-likeness (QED) is 0.670. The molecule has 0 aliphatic carbocycles. The first-order chi connectivity index (χ1) is 9.24. The van der Waals surface area contributed by atoms with Crippen molar-refractivity contribution < 1.29 is 9.53 Å². The summed E-state index contributed by atoms with van der Waals surface area (Å²) >= 11 is 0. The van der Waals surface area contributed by atoms with Crippen molar-refractivity contribution in [2.24, 2.45) is 0 Å². The van der Waals surface area contributed by atoms with E-state index in [4.69, 9.17) is 4.74 Å². The molecule has 0 bridgehead atoms. The zero-order valence-corrected chi connectivity index (χ0v) is 11.8. The molecule has 1 rings (SSSR count). The largest absolute Gasteiger partial charge is 0.385 e. The summed E-state index contributed by atoms with van der Waals surface area (Å²) in [7, 11) is 1.66. The minimum atomic E-state index is 0.0869. The van der Waals surface area contributed by atoms with E-state index in [0.29, 0.717) is 26.1 Å². The molecular formula is C15H24N2O2. The number of benzene rings is 1. The van der Waals surface area contributed by atoms with Crippen LogP contribution in [0.2, 0.25) is 0 Å². The molecule has 1 amide bonds. The van der Waals surface area contributed by atoms with Crippen LogP contribution in [0.15, 0.2) is 30.3 Å². The molecule has 1 atom stereocenters. The molecule has 106 valence electrons. The van der Waals surface area contributed by atoms with Crippen LogP contribution in [0.1, 0.15) is 31.4 Å². The van der Waals surface area contributed by atoms with E-state index in [2.05, 4.69) is 29.7 Å². The van der Waals surface area contributed by atoms with Gasteiger partial charge in [-0.15, -0.1) is 0 Å². The van der Waals surface area contributed by atoms with Gasteiger partial charge in [0.05, 0.1) is 0 Å². The number of ether oxygens (including phenoxy) is 1. The normalized spacial score (nSPS) is 12.1. The van der Waals surface area contributed by atoms with Gasteiger partial charge in [-0.2, -0.15) is 0 Å². The number of nitrogens with one attached hydrogen (secondary N) is 2. The maximum atomic E-state index is 11.5. The van der Waals surface area contributed by atoms with Crippen LogP contribution in [0.3, 0.4) is 0 Å². The van der Waals surface area contributed by atoms with Gasteiger partial charge < -0.3 is 15.4 Å². The molecule has 0 spiro atoms. The van der Waals surface area contributed by atoms with Gasteiger partial charge in [0.1, 0.15) is 0 Å². The van der Waals surface area contributed by atoms with Gasteiger partial charge in [0.2, 0.25) is 5.91 Å². The molecule has 0 aliphatic rings. The van der Waals surface area contributed by atoms with E-state index >= 15 is 0 Å². The smallest absolute Gasteiger partial charge is 0.221 e. The maximum absolute atomic E-state index is 11.5. The Hall–Kier alpha value is -1.39. The summed E-state index contributed by atoms with van der Waals surface area (Å²) in [6, 6.07) is 10.5. The van der Waals surface area contributed by atoms with Crippen molar-refractivity contribution in [3.63, 3.8) is 0 Å². The summed E-state index contributed by atoms with van der Waals surface area (Å²) in [5, 5.41) is 6.22. The predicted molar refractivity (Wildman–Crippen MR) is 77.0 cm³/mol. The van der Waals surface area contributed by atoms with Gasteiger partial charge in [0.15, 0.2) is 0 Å². The lowest BCUT2D eigenvalue weighted by atomic mass is 10.1. The fraction of sp³-hybridized carbons (Fsp3) is 0.533. The molecule has 1 aromatic carbocycles. The topological polar surface area (TPSA) is 50.4 Å². The van der Waals surface area contributed by atoms with Gasteiger partial charge in [-0.3, -0.25) is 4.79 Å². The Morgan fingerprint density at radius 3 is 2.68 bits per heavy atom. The minimum absolute atomic E-state index is 0.0869. The minimum Gasteiger partial charge on any atom is -0.385 e. The Bertz CT molecular complexity index is 354. The summed E-state index contributed by atoms with van der Waals surface area (Å²) in [4.78, 5) is 11.5. The molecule has 1 unspecified atom stereocenters. The van der Waals surface area contributed by atoms with Crippen molar-refractivity contribution in [1.82, 2.24) is 10.6 Å². The van der Waals surface area contributed by atoms with Crippen LogP contribution < -0.4 is 10.6 Å². The number of hydrogen-bond acceptors (Lipinski definition) is 3. The number of carbonyl (C=O) groups is 1. The lowest BCUT2D eigenvalue weighted by molar-refractivity contribution is -0.121. The highest BCUT2D eigenvalue weighted by atomic mass is 16.5. The number of carbonyl (C=O) groups excluding carboxylic acids is 1. The molecule has 0 fully saturated rings. The first-order valence-corrected chi connectivity index (χ1v) is 6.78. The van der Waals surface area contributed by atoms with E-state index < -0.39 is 0 Å². The second kappa shape index (κ2) is 9.53. The molecule has 1 aromatic rings. The van der Waals surface area contributed by atoms with Crippen molar-refractivity contribution in [2.75, 3.05) is 26.8 Å². The number of hydrogen-bond donors (Lipinski definition) is 2. The van der Waals surface area contributed by atoms with Crippen molar-refractivity contribution in [1.29, 1.82) is 0 Å². The average molecular weight is 264 g/mol. The molecule has 4 heteroatoms. The van der Waals surface area contributed by atoms with Crippen LogP contribution in [-0.4, -0.2) is 32.7 Å². The molecule has 2 N–H and O–H groups in total. The van der Waals surface area contributed by atoms with Crippen LogP contribution in [0.5, 0.6) is 0 Å². The lowest BCUT2D eigenvalue weighted by Crippen LogP contribution is -2.29. The van der Waals surface area contributed by atoms with E-state index in [1.54, 1.807) is 7.11 Å². The van der Waals surface area contributed by atoms with Gasteiger partial charge in [-0.1, -0.05) is 30.3 Å². The zero-order chi connectivity index (χ0) is 13.9. The standard InChI is InChI=1S/C15H24N2O2/c1-13(14-7-4-3-5-8-14)16-11-9-15(18)17-10-6-12-19-2/h3-5,7-8,13,16H,6,9-12H2,1-2H3,(H,17,18). The molecule has 0 aromatic heterocycles. The number of methoxy groups -OCH3 is 1. The second-order valence-electron chi connectivity index (χ2n) is 4.53. The fourth-order valence-electron chi connectivity index (χ4n) is 1.79. The Labute approximate surface area is 115 Å². The van der Waals surface area contributed by atoms with E-state index in [0.717, 1.165) is 6.42 Å². The Morgan fingerprint density at radius 2 is 2.00 bits per heavy atom. The van der Waals surface area contributed by atoms with Gasteiger partial charge in [-0.25, -0.2) is 0 Å². The van der Waals surface area contributed by atoms with Crippen LogP contribution in [-0.2, 0) is 9.53 Å². The maximum Gasteiger partial charge on any atom is 0.221 e. The van der Waals surface area contributed by atoms with Crippen molar-refractivity contribution in [2.45, 2.75) is 25.8 Å². The highest BCUT2D eigenvalue weighted by Crippen LogP contribution is 2.10. The first-order valence-electron chi connectivity index (χ1n) is 6.78. The summed E-state index contributed by atoms with van der Waals surface area (Å²) in [6.07, 6.45) is 1.36. The SMILES string of the molecule is COCCCNC(=O)CCNC(C)c1ccccc1. The van der Waals surface area contributed by atoms with Crippen molar-refractivity contribution in [3.05, 3.63) is 35.9 Å². The van der Waals surface area contributed by atoms with Gasteiger partial charge in [-0.05, 0) is 18.9 Å². The van der Waals surface area contributed by atoms with Gasteiger partial charge >= 0.3 is 0 Å². The summed E-state index contributed by atoms with van der Waals surface area (Å²) in [5.74, 6) is 0.0869. The van der Waals surface area contributed by atoms with Crippen LogP contribution in [0, 0.1) is 0 Å². The van der Waals surface area contributed by atoms with E-state index in [1.807, 2.05) is 18.2 Å². The summed E-state index contributed by atoms with van der Waals surface area (Å²) in [5.41, 5.74) is 1.24. The van der Waals surface area contributed by atoms with E-state index in [1.165, 1.54) is 5.56 Å². The molecule has 0 saturated carbocycles. The molecule has 0 heterocycles. The van der Waals surface area contributed by atoms with Crippen molar-refractivity contribution in [3.8, 4) is 0 Å². The highest BCUT2D eigenvalue weighted by molar-refractivity contribution is 5.75. The first kappa shape index (κ1) is 15.7. The second-order valence-corrected chi connectivity index (χ2v) is 4.53. The third-order valence-corrected chi connectivity index (χ3v) is 2.95. The predicted octanol–water partition coefficient (Wildman–Crippen LogP) is 1.88. The van der Waals surface area contributed by atoms with Gasteiger partial charge in [0, 0.05) is 39.3 Å². The molecule has 0 aliphatic heterocycles.